The zero-order valence-electron chi connectivity index (χ0n) is 10.8. The third-order valence-electron chi connectivity index (χ3n) is 3.24. The first-order chi connectivity index (χ1) is 6.71. The summed E-state index contributed by atoms with van der Waals surface area (Å²) in [4.78, 5) is 0. The van der Waals surface area contributed by atoms with Crippen LogP contribution in [0.2, 0.25) is 0 Å². The van der Waals surface area contributed by atoms with Gasteiger partial charge in [-0.2, -0.15) is 0 Å². The van der Waals surface area contributed by atoms with E-state index in [0.29, 0.717) is 0 Å². The first-order valence-corrected chi connectivity index (χ1v) is 5.81. The van der Waals surface area contributed by atoms with Crippen LogP contribution in [0.5, 0.6) is 0 Å². The van der Waals surface area contributed by atoms with Crippen molar-refractivity contribution in [1.82, 2.24) is 0 Å². The maximum Gasteiger partial charge on any atom is 1.00 e. The van der Waals surface area contributed by atoms with Crippen LogP contribution in [0.25, 0.3) is 0 Å². The Bertz CT molecular complexity index is 248. The van der Waals surface area contributed by atoms with Crippen LogP contribution in [0.3, 0.4) is 0 Å². The molecule has 0 spiro atoms. The minimum Gasteiger partial charge on any atom is -0.846 e. The quantitative estimate of drug-likeness (QED) is 0.584. The van der Waals surface area contributed by atoms with Gasteiger partial charge in [-0.1, -0.05) is 44.9 Å². The normalized spacial score (nSPS) is 17.4. The monoisotopic (exact) mass is 200 g/mol. The maximum atomic E-state index is 12.1. The second kappa shape index (κ2) is 6.58. The number of rotatable bonds is 4. The molecule has 0 aliphatic heterocycles. The molecule has 1 nitrogen and oxygen atoms in total. The van der Waals surface area contributed by atoms with E-state index in [1.807, 2.05) is 0 Å². The van der Waals surface area contributed by atoms with Crippen LogP contribution < -0.4 is 24.0 Å². The van der Waals surface area contributed by atoms with Crippen molar-refractivity contribution < 1.29 is 24.0 Å². The van der Waals surface area contributed by atoms with E-state index in [1.165, 1.54) is 11.1 Å². The minimum atomic E-state index is -0.519. The Kier molecular flexibility index (Phi) is 6.60. The summed E-state index contributed by atoms with van der Waals surface area (Å²) in [6.07, 6.45) is 3.37. The molecule has 0 aromatic rings. The average Bonchev–Trinajstić information content (AvgIpc) is 2.48. The van der Waals surface area contributed by atoms with Gasteiger partial charge in [0.05, 0.1) is 0 Å². The Morgan fingerprint density at radius 2 is 1.13 bits per heavy atom. The summed E-state index contributed by atoms with van der Waals surface area (Å²) in [6, 6.07) is 0. The SMILES string of the molecule is CCC1=C(CC)C([O-])C(CC)=C1CC.[Li+]. The molecule has 0 amide bonds. The van der Waals surface area contributed by atoms with Gasteiger partial charge in [-0.3, -0.25) is 0 Å². The molecule has 0 saturated heterocycles. The van der Waals surface area contributed by atoms with Crippen molar-refractivity contribution in [3.8, 4) is 0 Å². The van der Waals surface area contributed by atoms with Gasteiger partial charge >= 0.3 is 18.9 Å². The second-order valence-corrected chi connectivity index (χ2v) is 3.80. The van der Waals surface area contributed by atoms with Gasteiger partial charge in [-0.05, 0) is 36.8 Å². The van der Waals surface area contributed by atoms with Gasteiger partial charge in [0.25, 0.3) is 0 Å². The maximum absolute atomic E-state index is 12.1. The zero-order valence-corrected chi connectivity index (χ0v) is 10.8. The molecule has 0 aromatic heterocycles. The third-order valence-corrected chi connectivity index (χ3v) is 3.24. The van der Waals surface area contributed by atoms with Crippen molar-refractivity contribution >= 4 is 0 Å². The van der Waals surface area contributed by atoms with Crippen LogP contribution in [-0.4, -0.2) is 6.10 Å². The average molecular weight is 200 g/mol. The summed E-state index contributed by atoms with van der Waals surface area (Å²) in [5, 5.41) is 12.1. The zero-order chi connectivity index (χ0) is 10.7. The summed E-state index contributed by atoms with van der Waals surface area (Å²) in [5.74, 6) is 0. The number of allylic oxidation sites excluding steroid dienone is 2. The van der Waals surface area contributed by atoms with E-state index in [4.69, 9.17) is 0 Å². The Labute approximate surface area is 106 Å². The van der Waals surface area contributed by atoms with Crippen LogP contribution in [0.1, 0.15) is 53.4 Å². The molecule has 0 bridgehead atoms. The van der Waals surface area contributed by atoms with E-state index in [-0.39, 0.29) is 18.9 Å². The Hall–Kier alpha value is 0.0374. The van der Waals surface area contributed by atoms with Gasteiger partial charge in [0.15, 0.2) is 0 Å². The second-order valence-electron chi connectivity index (χ2n) is 3.80. The van der Waals surface area contributed by atoms with Crippen LogP contribution in [0.4, 0.5) is 0 Å². The van der Waals surface area contributed by atoms with Gasteiger partial charge < -0.3 is 5.11 Å². The molecule has 0 unspecified atom stereocenters. The van der Waals surface area contributed by atoms with E-state index < -0.39 is 6.10 Å². The fourth-order valence-electron chi connectivity index (χ4n) is 2.59. The van der Waals surface area contributed by atoms with E-state index in [1.54, 1.807) is 0 Å². The smallest absolute Gasteiger partial charge is 0.846 e. The summed E-state index contributed by atoms with van der Waals surface area (Å²) >= 11 is 0. The molecule has 1 aliphatic carbocycles. The Morgan fingerprint density at radius 3 is 1.33 bits per heavy atom. The first kappa shape index (κ1) is 15.0. The van der Waals surface area contributed by atoms with Crippen LogP contribution in [0, 0.1) is 0 Å². The predicted octanol–water partition coefficient (Wildman–Crippen LogP) is -0.0339. The summed E-state index contributed by atoms with van der Waals surface area (Å²) in [7, 11) is 0. The standard InChI is InChI=1S/C13H21O.Li/c1-5-9-10(6-2)12(8-4)13(14)11(9)7-3;/h13H,5-8H2,1-4H3;/q-1;+1. The Balaban J connectivity index is 0.00000196. The third kappa shape index (κ3) is 2.59. The molecule has 0 radical (unpaired) electrons. The van der Waals surface area contributed by atoms with Gasteiger partial charge in [0, 0.05) is 0 Å². The van der Waals surface area contributed by atoms with Gasteiger partial charge in [0.1, 0.15) is 0 Å². The molecule has 80 valence electrons. The van der Waals surface area contributed by atoms with E-state index in [9.17, 15) is 5.11 Å². The first-order valence-electron chi connectivity index (χ1n) is 5.81. The molecule has 2 heteroatoms. The van der Waals surface area contributed by atoms with Crippen LogP contribution >= 0.6 is 0 Å². The van der Waals surface area contributed by atoms with E-state index in [0.717, 1.165) is 36.8 Å². The molecule has 0 heterocycles. The molecular formula is C13H21LiO. The van der Waals surface area contributed by atoms with Crippen LogP contribution in [0.15, 0.2) is 22.3 Å². The van der Waals surface area contributed by atoms with Crippen molar-refractivity contribution in [1.29, 1.82) is 0 Å². The van der Waals surface area contributed by atoms with Crippen molar-refractivity contribution in [2.45, 2.75) is 59.5 Å². The van der Waals surface area contributed by atoms with E-state index >= 15 is 0 Å². The molecular weight excluding hydrogens is 179 g/mol. The minimum absolute atomic E-state index is 0. The topological polar surface area (TPSA) is 23.1 Å². The molecule has 0 N–H and O–H groups in total. The number of hydrogen-bond acceptors (Lipinski definition) is 1. The van der Waals surface area contributed by atoms with Crippen molar-refractivity contribution in [2.75, 3.05) is 0 Å². The molecule has 0 fully saturated rings. The molecule has 1 aliphatic rings. The fraction of sp³-hybridized carbons (Fsp3) is 0.692. The molecule has 0 atom stereocenters. The van der Waals surface area contributed by atoms with Crippen molar-refractivity contribution in [3.05, 3.63) is 22.3 Å². The fourth-order valence-corrected chi connectivity index (χ4v) is 2.59. The van der Waals surface area contributed by atoms with Crippen LogP contribution in [-0.2, 0) is 0 Å². The molecule has 15 heavy (non-hydrogen) atoms. The summed E-state index contributed by atoms with van der Waals surface area (Å²) in [5.41, 5.74) is 5.04. The molecule has 0 saturated carbocycles. The van der Waals surface area contributed by atoms with Gasteiger partial charge in [-0.15, -0.1) is 0 Å². The van der Waals surface area contributed by atoms with Crippen molar-refractivity contribution in [3.63, 3.8) is 0 Å². The predicted molar refractivity (Wildman–Crippen MR) is 59.0 cm³/mol. The van der Waals surface area contributed by atoms with Crippen molar-refractivity contribution in [2.24, 2.45) is 0 Å². The Morgan fingerprint density at radius 1 is 0.800 bits per heavy atom. The largest absolute Gasteiger partial charge is 1.00 e. The summed E-state index contributed by atoms with van der Waals surface area (Å²) in [6.45, 7) is 8.52. The van der Waals surface area contributed by atoms with Gasteiger partial charge in [0.2, 0.25) is 0 Å². The van der Waals surface area contributed by atoms with E-state index in [2.05, 4.69) is 27.7 Å². The van der Waals surface area contributed by atoms with Gasteiger partial charge in [-0.25, -0.2) is 0 Å². The summed E-state index contributed by atoms with van der Waals surface area (Å²) < 4.78 is 0. The molecule has 0 aromatic carbocycles. The molecule has 1 rings (SSSR count). The number of hydrogen-bond donors (Lipinski definition) is 0.